The van der Waals surface area contributed by atoms with E-state index >= 15 is 0 Å². The Balaban J connectivity index is 2.76. The number of carbonyl (C=O) groups excluding carboxylic acids is 2. The van der Waals surface area contributed by atoms with Crippen LogP contribution in [0.2, 0.25) is 0 Å². The molecule has 0 fully saturated rings. The summed E-state index contributed by atoms with van der Waals surface area (Å²) in [6.45, 7) is 0. The van der Waals surface area contributed by atoms with E-state index in [1.54, 1.807) is 11.9 Å². The summed E-state index contributed by atoms with van der Waals surface area (Å²) in [7, 11) is 1.28. The zero-order chi connectivity index (χ0) is 8.97. The van der Waals surface area contributed by atoms with Gasteiger partial charge in [0, 0.05) is 6.42 Å². The van der Waals surface area contributed by atoms with Crippen LogP contribution in [0.3, 0.4) is 0 Å². The molecule has 0 aromatic carbocycles. The van der Waals surface area contributed by atoms with E-state index in [-0.39, 0.29) is 26.6 Å². The molecule has 0 saturated heterocycles. The van der Waals surface area contributed by atoms with Gasteiger partial charge in [0.2, 0.25) is 0 Å². The van der Waals surface area contributed by atoms with Crippen LogP contribution in [0.15, 0.2) is 16.4 Å². The lowest BCUT2D eigenvalue weighted by Gasteiger charge is -1.92. The van der Waals surface area contributed by atoms with Crippen LogP contribution >= 0.6 is 26.0 Å². The molecular formula is C5H8N2O2P3+. The smallest absolute Gasteiger partial charge is 0.285 e. The lowest BCUT2D eigenvalue weighted by Crippen LogP contribution is -2.10. The minimum atomic E-state index is -1.19. The number of nitrogens with one attached hydrogen (secondary N) is 1. The third kappa shape index (κ3) is 2.50. The van der Waals surface area contributed by atoms with Crippen molar-refractivity contribution in [3.8, 4) is 0 Å². The molecule has 7 heteroatoms. The topological polar surface area (TPSA) is 58.5 Å². The third-order valence-corrected chi connectivity index (χ3v) is 4.16. The molecule has 1 N–H and O–H groups in total. The Morgan fingerprint density at radius 3 is 3.08 bits per heavy atom. The Bertz CT molecular complexity index is 274. The van der Waals surface area contributed by atoms with Crippen LogP contribution in [0.25, 0.3) is 0 Å². The first-order valence-electron chi connectivity index (χ1n) is 3.20. The molecule has 0 radical (unpaired) electrons. The lowest BCUT2D eigenvalue weighted by molar-refractivity contribution is -0.131. The highest BCUT2D eigenvalue weighted by atomic mass is 31.2. The van der Waals surface area contributed by atoms with Gasteiger partial charge in [0.1, 0.15) is 14.7 Å². The predicted molar refractivity (Wildman–Crippen MR) is 54.3 cm³/mol. The summed E-state index contributed by atoms with van der Waals surface area (Å²) in [6, 6.07) is 0. The maximum absolute atomic E-state index is 11.1. The minimum absolute atomic E-state index is 0.164. The van der Waals surface area contributed by atoms with E-state index in [1.165, 1.54) is 0 Å². The van der Waals surface area contributed by atoms with E-state index in [1.807, 2.05) is 0 Å². The van der Waals surface area contributed by atoms with Gasteiger partial charge in [-0.15, -0.1) is 0 Å². The van der Waals surface area contributed by atoms with Crippen molar-refractivity contribution in [3.05, 3.63) is 11.9 Å². The monoisotopic (exact) mass is 221 g/mol. The van der Waals surface area contributed by atoms with E-state index in [4.69, 9.17) is 0 Å². The van der Waals surface area contributed by atoms with E-state index in [2.05, 4.69) is 18.8 Å². The highest BCUT2D eigenvalue weighted by Crippen LogP contribution is 2.37. The van der Waals surface area contributed by atoms with E-state index in [9.17, 15) is 9.59 Å². The molecule has 0 amide bonds. The quantitative estimate of drug-likeness (QED) is 0.568. The molecule has 0 aliphatic carbocycles. The average Bonchev–Trinajstić information content (AvgIpc) is 2.08. The van der Waals surface area contributed by atoms with Crippen LogP contribution in [-0.4, -0.2) is 11.3 Å². The van der Waals surface area contributed by atoms with E-state index in [0.717, 1.165) is 0 Å². The van der Waals surface area contributed by atoms with Crippen molar-refractivity contribution in [2.75, 3.05) is 0 Å². The molecule has 12 heavy (non-hydrogen) atoms. The molecule has 0 saturated carbocycles. The molecule has 1 aliphatic heterocycles. The van der Waals surface area contributed by atoms with Crippen LogP contribution in [0.1, 0.15) is 6.42 Å². The van der Waals surface area contributed by atoms with Gasteiger partial charge in [0.15, 0.2) is 0 Å². The number of allylic oxidation sites excluding steroid dienone is 1. The summed E-state index contributed by atoms with van der Waals surface area (Å²) >= 11 is 0. The maximum atomic E-state index is 11.1. The number of rotatable bonds is 2. The number of hydrogen-bond acceptors (Lipinski definition) is 4. The zero-order valence-electron chi connectivity index (χ0n) is 6.15. The van der Waals surface area contributed by atoms with Crippen molar-refractivity contribution in [1.29, 1.82) is 0 Å². The first-order valence-corrected chi connectivity index (χ1v) is 6.09. The van der Waals surface area contributed by atoms with Crippen molar-refractivity contribution >= 4 is 37.3 Å². The van der Waals surface area contributed by atoms with Crippen molar-refractivity contribution in [2.45, 2.75) is 6.42 Å². The van der Waals surface area contributed by atoms with Gasteiger partial charge < -0.3 is 0 Å². The SMILES string of the molecule is O=C1CC=C[P+](=NPNP)C1=O. The van der Waals surface area contributed by atoms with Gasteiger partial charge in [-0.25, -0.2) is 4.79 Å². The molecule has 1 rings (SSSR count). The molecule has 4 nitrogen and oxygen atoms in total. The second-order valence-electron chi connectivity index (χ2n) is 2.02. The van der Waals surface area contributed by atoms with Crippen molar-refractivity contribution in [2.24, 2.45) is 4.52 Å². The molecule has 1 heterocycles. The van der Waals surface area contributed by atoms with Gasteiger partial charge in [-0.2, -0.15) is 0 Å². The van der Waals surface area contributed by atoms with Crippen LogP contribution < -0.4 is 4.86 Å². The van der Waals surface area contributed by atoms with Crippen LogP contribution in [0.4, 0.5) is 0 Å². The van der Waals surface area contributed by atoms with Crippen molar-refractivity contribution < 1.29 is 9.59 Å². The van der Waals surface area contributed by atoms with Gasteiger partial charge in [-0.3, -0.25) is 9.65 Å². The van der Waals surface area contributed by atoms with Gasteiger partial charge in [0.05, 0.1) is 0 Å². The number of nitrogens with zero attached hydrogens (tertiary/aromatic N) is 1. The van der Waals surface area contributed by atoms with Crippen LogP contribution in [-0.2, 0) is 9.59 Å². The Morgan fingerprint density at radius 1 is 1.67 bits per heavy atom. The lowest BCUT2D eigenvalue weighted by atomic mass is 10.3. The fourth-order valence-corrected chi connectivity index (χ4v) is 3.30. The van der Waals surface area contributed by atoms with E-state index in [0.29, 0.717) is 0 Å². The Labute approximate surface area is 75.2 Å². The summed E-state index contributed by atoms with van der Waals surface area (Å²) in [5, 5.41) is 0. The number of ketones is 1. The summed E-state index contributed by atoms with van der Waals surface area (Å²) < 4.78 is 4.04. The fourth-order valence-electron chi connectivity index (χ4n) is 0.704. The standard InChI is InChI=1S/C5H8N2O2P3/c8-4-2-1-3-12(5(4)9)7-11-6-10/h1,3,11H,2,10H2,(H,6,7)/q+1. The Morgan fingerprint density at radius 2 is 2.42 bits per heavy atom. The number of hydrogen-bond donors (Lipinski definition) is 1. The molecule has 3 unspecified atom stereocenters. The molecule has 0 spiro atoms. The first kappa shape index (κ1) is 10.1. The number of Topliss-reactive ketones (excluding diaryl/α,β-unsaturated/α-hetero) is 1. The second-order valence-corrected chi connectivity index (χ2v) is 5.59. The predicted octanol–water partition coefficient (Wildman–Crippen LogP) is 1.55. The average molecular weight is 221 g/mol. The summed E-state index contributed by atoms with van der Waals surface area (Å²) in [6.07, 6.45) is 1.96. The molecule has 3 atom stereocenters. The van der Waals surface area contributed by atoms with Gasteiger partial charge in [-0.1, -0.05) is 13.9 Å². The summed E-state index contributed by atoms with van der Waals surface area (Å²) in [5.41, 5.74) is -0.333. The highest BCUT2D eigenvalue weighted by Gasteiger charge is 2.32. The largest absolute Gasteiger partial charge is 0.416 e. The second kappa shape index (κ2) is 4.89. The number of carbonyl (C=O) groups is 2. The van der Waals surface area contributed by atoms with Crippen molar-refractivity contribution in [3.63, 3.8) is 0 Å². The molecular weight excluding hydrogens is 213 g/mol. The molecule has 0 aromatic heterocycles. The van der Waals surface area contributed by atoms with Crippen LogP contribution in [0, 0.1) is 0 Å². The molecule has 1 aliphatic rings. The van der Waals surface area contributed by atoms with Crippen molar-refractivity contribution in [1.82, 2.24) is 4.86 Å². The Hall–Kier alpha value is -0.000000000000000167. The van der Waals surface area contributed by atoms with Gasteiger partial charge in [0.25, 0.3) is 5.78 Å². The third-order valence-electron chi connectivity index (χ3n) is 1.22. The zero-order valence-corrected chi connectivity index (χ0v) is 9.20. The normalized spacial score (nSPS) is 21.6. The maximum Gasteiger partial charge on any atom is 0.416 e. The van der Waals surface area contributed by atoms with Gasteiger partial charge in [-0.05, 0) is 6.08 Å². The molecule has 0 bridgehead atoms. The molecule has 0 aromatic rings. The Kier molecular flexibility index (Phi) is 4.11. The van der Waals surface area contributed by atoms with Gasteiger partial charge >= 0.3 is 13.2 Å². The van der Waals surface area contributed by atoms with Crippen LogP contribution in [0.5, 0.6) is 0 Å². The first-order chi connectivity index (χ1) is 5.75. The molecule has 64 valence electrons. The highest BCUT2D eigenvalue weighted by molar-refractivity contribution is 7.75. The summed E-state index contributed by atoms with van der Waals surface area (Å²) in [4.78, 5) is 24.8. The minimum Gasteiger partial charge on any atom is -0.285 e. The fraction of sp³-hybridized carbons (Fsp3) is 0.200. The van der Waals surface area contributed by atoms with E-state index < -0.39 is 7.71 Å². The summed E-state index contributed by atoms with van der Waals surface area (Å²) in [5.74, 6) is 1.41.